The van der Waals surface area contributed by atoms with Crippen LogP contribution in [-0.4, -0.2) is 40.6 Å². The van der Waals surface area contributed by atoms with E-state index in [1.807, 2.05) is 5.32 Å². The number of aliphatic carboxylic acids is 1. The molecule has 1 fully saturated rings. The highest BCUT2D eigenvalue weighted by Gasteiger charge is 2.52. The number of carboxylic acids is 1. The number of urea groups is 1. The van der Waals surface area contributed by atoms with Crippen molar-refractivity contribution in [3.8, 4) is 5.75 Å². The van der Waals surface area contributed by atoms with Gasteiger partial charge in [0.1, 0.15) is 5.75 Å². The number of nitrogens with one attached hydrogen (secondary N) is 3. The van der Waals surface area contributed by atoms with E-state index < -0.39 is 28.4 Å². The third-order valence-corrected chi connectivity index (χ3v) is 3.91. The van der Waals surface area contributed by atoms with Crippen molar-refractivity contribution >= 4 is 39.5 Å². The molecule has 9 heteroatoms. The number of amides is 3. The average molecular weight is 358 g/mol. The molecule has 8 nitrogen and oxygen atoms in total. The lowest BCUT2D eigenvalue weighted by molar-refractivity contribution is -0.142. The van der Waals surface area contributed by atoms with Gasteiger partial charge in [0.2, 0.25) is 4.45 Å². The van der Waals surface area contributed by atoms with Crippen molar-refractivity contribution in [2.24, 2.45) is 0 Å². The summed E-state index contributed by atoms with van der Waals surface area (Å²) in [5.74, 6) is -1.54. The minimum Gasteiger partial charge on any atom is -0.497 e. The van der Waals surface area contributed by atoms with Crippen molar-refractivity contribution in [3.63, 3.8) is 0 Å². The van der Waals surface area contributed by atoms with Gasteiger partial charge in [-0.05, 0) is 40.2 Å². The summed E-state index contributed by atoms with van der Waals surface area (Å²) in [6.45, 7) is 0. The highest BCUT2D eigenvalue weighted by molar-refractivity contribution is 9.10. The first-order valence-corrected chi connectivity index (χ1v) is 6.62. The maximum atomic E-state index is 12.0. The van der Waals surface area contributed by atoms with Crippen LogP contribution in [0.5, 0.6) is 5.75 Å². The average Bonchev–Trinajstić information content (AvgIpc) is 2.43. The lowest BCUT2D eigenvalue weighted by Gasteiger charge is -2.37. The molecule has 0 radical (unpaired) electrons. The number of imide groups is 1. The van der Waals surface area contributed by atoms with Gasteiger partial charge in [0, 0.05) is 5.69 Å². The summed E-state index contributed by atoms with van der Waals surface area (Å²) in [5.41, 5.74) is 0.477. The molecule has 0 unspecified atom stereocenters. The second-order valence-electron chi connectivity index (χ2n) is 4.26. The number of hydrogen-bond acceptors (Lipinski definition) is 5. The minimum absolute atomic E-state index is 0.477. The SMILES string of the molecule is COc1ccc(N[C@]2(Br)C(=O)NC(=O)N[C@@H]2C(=O)O)cc1. The van der Waals surface area contributed by atoms with Crippen LogP contribution in [0.3, 0.4) is 0 Å². The van der Waals surface area contributed by atoms with Crippen molar-refractivity contribution in [1.82, 2.24) is 10.6 Å². The topological polar surface area (TPSA) is 117 Å². The Morgan fingerprint density at radius 3 is 2.52 bits per heavy atom. The van der Waals surface area contributed by atoms with Gasteiger partial charge in [0.15, 0.2) is 6.04 Å². The number of rotatable bonds is 4. The molecule has 1 heterocycles. The second-order valence-corrected chi connectivity index (χ2v) is 5.51. The van der Waals surface area contributed by atoms with Crippen LogP contribution in [0.1, 0.15) is 0 Å². The summed E-state index contributed by atoms with van der Waals surface area (Å²) in [6, 6.07) is 4.19. The maximum Gasteiger partial charge on any atom is 0.330 e. The molecule has 0 spiro atoms. The number of carbonyl (C=O) groups excluding carboxylic acids is 2. The van der Waals surface area contributed by atoms with E-state index in [4.69, 9.17) is 4.74 Å². The first-order chi connectivity index (χ1) is 9.86. The van der Waals surface area contributed by atoms with Gasteiger partial charge in [-0.15, -0.1) is 0 Å². The molecule has 1 aromatic carbocycles. The molecule has 4 N–H and O–H groups in total. The molecule has 3 amide bonds. The molecule has 21 heavy (non-hydrogen) atoms. The summed E-state index contributed by atoms with van der Waals surface area (Å²) >= 11 is 3.08. The summed E-state index contributed by atoms with van der Waals surface area (Å²) in [6.07, 6.45) is 0. The molecule has 112 valence electrons. The zero-order valence-electron chi connectivity index (χ0n) is 10.8. The number of methoxy groups -OCH3 is 1. The molecule has 0 saturated carbocycles. The molecule has 2 rings (SSSR count). The number of anilines is 1. The number of benzene rings is 1. The largest absolute Gasteiger partial charge is 0.497 e. The van der Waals surface area contributed by atoms with E-state index in [1.165, 1.54) is 7.11 Å². The number of halogens is 1. The van der Waals surface area contributed by atoms with Gasteiger partial charge in [-0.1, -0.05) is 0 Å². The Bertz CT molecular complexity index is 591. The Balaban J connectivity index is 2.29. The Morgan fingerprint density at radius 1 is 1.38 bits per heavy atom. The fourth-order valence-corrected chi connectivity index (χ4v) is 2.48. The summed E-state index contributed by atoms with van der Waals surface area (Å²) in [4.78, 5) is 34.5. The molecule has 2 atom stereocenters. The minimum atomic E-state index is -1.71. The molecule has 1 saturated heterocycles. The zero-order valence-corrected chi connectivity index (χ0v) is 12.4. The molecule has 0 bridgehead atoms. The number of hydrogen-bond donors (Lipinski definition) is 4. The Morgan fingerprint density at radius 2 is 2.00 bits per heavy atom. The van der Waals surface area contributed by atoms with E-state index in [0.717, 1.165) is 0 Å². The van der Waals surface area contributed by atoms with Crippen LogP contribution >= 0.6 is 15.9 Å². The normalized spacial score (nSPS) is 24.8. The molecule has 1 aromatic rings. The molecule has 0 aromatic heterocycles. The number of carboxylic acid groups (broad SMARTS) is 1. The van der Waals surface area contributed by atoms with Gasteiger partial charge in [-0.25, -0.2) is 9.59 Å². The standard InChI is InChI=1S/C12H12BrN3O5/c1-21-7-4-2-6(3-5-7)16-12(13)8(9(17)18)14-11(20)15-10(12)19/h2-5,8,16H,1H3,(H,17,18)(H2,14,15,19,20)/t8-,12+/m1/s1. The van der Waals surface area contributed by atoms with Crippen LogP contribution in [0.15, 0.2) is 24.3 Å². The van der Waals surface area contributed by atoms with Crippen LogP contribution in [0.25, 0.3) is 0 Å². The molecule has 1 aliphatic heterocycles. The fourth-order valence-electron chi connectivity index (χ4n) is 1.84. The van der Waals surface area contributed by atoms with E-state index in [1.54, 1.807) is 24.3 Å². The van der Waals surface area contributed by atoms with Crippen LogP contribution in [0, 0.1) is 0 Å². The molecular formula is C12H12BrN3O5. The van der Waals surface area contributed by atoms with E-state index in [2.05, 4.69) is 26.6 Å². The number of ether oxygens (including phenoxy) is 1. The fraction of sp³-hybridized carbons (Fsp3) is 0.250. The van der Waals surface area contributed by atoms with Gasteiger partial charge in [0.05, 0.1) is 7.11 Å². The quantitative estimate of drug-likeness (QED) is 0.460. The van der Waals surface area contributed by atoms with Crippen LogP contribution in [0.4, 0.5) is 10.5 Å². The predicted molar refractivity (Wildman–Crippen MR) is 76.4 cm³/mol. The van der Waals surface area contributed by atoms with Crippen LogP contribution in [0.2, 0.25) is 0 Å². The van der Waals surface area contributed by atoms with Crippen LogP contribution in [-0.2, 0) is 9.59 Å². The monoisotopic (exact) mass is 357 g/mol. The Labute approximate surface area is 128 Å². The van der Waals surface area contributed by atoms with Crippen LogP contribution < -0.4 is 20.7 Å². The van der Waals surface area contributed by atoms with Crippen molar-refractivity contribution in [2.75, 3.05) is 12.4 Å². The third-order valence-electron chi connectivity index (χ3n) is 2.89. The zero-order chi connectivity index (χ0) is 15.6. The number of carbonyl (C=O) groups is 3. The van der Waals surface area contributed by atoms with E-state index in [9.17, 15) is 19.5 Å². The lowest BCUT2D eigenvalue weighted by atomic mass is 10.0. The van der Waals surface area contributed by atoms with Gasteiger partial charge in [-0.2, -0.15) is 0 Å². The van der Waals surface area contributed by atoms with Crippen molar-refractivity contribution < 1.29 is 24.2 Å². The maximum absolute atomic E-state index is 12.0. The second kappa shape index (κ2) is 5.60. The van der Waals surface area contributed by atoms with Crippen molar-refractivity contribution in [2.45, 2.75) is 10.5 Å². The third kappa shape index (κ3) is 2.92. The van der Waals surface area contributed by atoms with Crippen molar-refractivity contribution in [1.29, 1.82) is 0 Å². The summed E-state index contributed by atoms with van der Waals surface area (Å²) < 4.78 is 3.30. The molecular weight excluding hydrogens is 346 g/mol. The lowest BCUT2D eigenvalue weighted by Crippen LogP contribution is -2.71. The van der Waals surface area contributed by atoms with E-state index >= 15 is 0 Å². The van der Waals surface area contributed by atoms with Gasteiger partial charge in [-0.3, -0.25) is 10.1 Å². The first-order valence-electron chi connectivity index (χ1n) is 5.82. The predicted octanol–water partition coefficient (Wildman–Crippen LogP) is 0.491. The van der Waals surface area contributed by atoms with E-state index in [0.29, 0.717) is 11.4 Å². The molecule has 0 aliphatic carbocycles. The van der Waals surface area contributed by atoms with Gasteiger partial charge in [0.25, 0.3) is 5.91 Å². The van der Waals surface area contributed by atoms with Crippen molar-refractivity contribution in [3.05, 3.63) is 24.3 Å². The van der Waals surface area contributed by atoms with E-state index in [-0.39, 0.29) is 0 Å². The highest BCUT2D eigenvalue weighted by atomic mass is 79.9. The first kappa shape index (κ1) is 15.1. The summed E-state index contributed by atoms with van der Waals surface area (Å²) in [5, 5.41) is 16.1. The highest BCUT2D eigenvalue weighted by Crippen LogP contribution is 2.29. The smallest absolute Gasteiger partial charge is 0.330 e. The number of alkyl halides is 1. The van der Waals surface area contributed by atoms with Gasteiger partial charge >= 0.3 is 12.0 Å². The Hall–Kier alpha value is -2.29. The molecule has 1 aliphatic rings. The Kier molecular flexibility index (Phi) is 4.03. The summed E-state index contributed by atoms with van der Waals surface area (Å²) in [7, 11) is 1.51. The van der Waals surface area contributed by atoms with Gasteiger partial charge < -0.3 is 20.5 Å².